The van der Waals surface area contributed by atoms with Crippen molar-refractivity contribution in [1.29, 1.82) is 0 Å². The number of nitrogens with one attached hydrogen (secondary N) is 1. The highest BCUT2D eigenvalue weighted by molar-refractivity contribution is 7.98. The van der Waals surface area contributed by atoms with E-state index >= 15 is 0 Å². The number of carbonyl (C=O) groups excluding carboxylic acids is 1. The van der Waals surface area contributed by atoms with Crippen LogP contribution in [0, 0.1) is 0 Å². The third kappa shape index (κ3) is 7.75. The van der Waals surface area contributed by atoms with Crippen LogP contribution >= 0.6 is 23.1 Å². The normalized spacial score (nSPS) is 10.5. The third-order valence-electron chi connectivity index (χ3n) is 2.92. The minimum absolute atomic E-state index is 0.183. The highest BCUT2D eigenvalue weighted by atomic mass is 32.2. The Kier molecular flexibility index (Phi) is 9.49. The molecule has 1 rings (SSSR count). The number of methoxy groups -OCH3 is 1. The van der Waals surface area contributed by atoms with E-state index in [2.05, 4.69) is 21.3 Å². The summed E-state index contributed by atoms with van der Waals surface area (Å²) in [5.74, 6) is 1.08. The molecule has 0 unspecified atom stereocenters. The van der Waals surface area contributed by atoms with Crippen LogP contribution in [-0.2, 0) is 16.0 Å². The predicted molar refractivity (Wildman–Crippen MR) is 87.8 cm³/mol. The van der Waals surface area contributed by atoms with Crippen molar-refractivity contribution in [2.75, 3.05) is 31.0 Å². The van der Waals surface area contributed by atoms with Gasteiger partial charge in [0.2, 0.25) is 0 Å². The quantitative estimate of drug-likeness (QED) is 0.499. The molecule has 0 atom stereocenters. The van der Waals surface area contributed by atoms with Gasteiger partial charge in [-0.3, -0.25) is 4.79 Å². The second kappa shape index (κ2) is 11.0. The van der Waals surface area contributed by atoms with Crippen LogP contribution in [-0.4, -0.2) is 36.6 Å². The second-order valence-electron chi connectivity index (χ2n) is 4.55. The van der Waals surface area contributed by atoms with E-state index in [1.54, 1.807) is 11.3 Å². The van der Waals surface area contributed by atoms with E-state index in [0.29, 0.717) is 12.8 Å². The van der Waals surface area contributed by atoms with Gasteiger partial charge in [-0.1, -0.05) is 12.8 Å². The molecule has 4 nitrogen and oxygen atoms in total. The van der Waals surface area contributed by atoms with Crippen LogP contribution in [0.25, 0.3) is 0 Å². The lowest BCUT2D eigenvalue weighted by Gasteiger charge is -2.02. The minimum Gasteiger partial charge on any atom is -0.469 e. The van der Waals surface area contributed by atoms with Gasteiger partial charge in [0.15, 0.2) is 5.13 Å². The molecule has 6 heteroatoms. The second-order valence-corrected chi connectivity index (χ2v) is 6.40. The van der Waals surface area contributed by atoms with Crippen LogP contribution in [0.15, 0.2) is 5.38 Å². The Morgan fingerprint density at radius 3 is 2.95 bits per heavy atom. The molecule has 0 bridgehead atoms. The SMILES string of the molecule is COC(=O)CCc1csc(NCCCCCCSC)n1. The van der Waals surface area contributed by atoms with Crippen molar-refractivity contribution < 1.29 is 9.53 Å². The Balaban J connectivity index is 2.09. The van der Waals surface area contributed by atoms with E-state index in [1.165, 1.54) is 38.5 Å². The van der Waals surface area contributed by atoms with Crippen molar-refractivity contribution in [3.05, 3.63) is 11.1 Å². The molecular weight excluding hydrogens is 292 g/mol. The summed E-state index contributed by atoms with van der Waals surface area (Å²) in [5.41, 5.74) is 0.961. The molecule has 0 fully saturated rings. The first-order valence-corrected chi connectivity index (χ1v) is 9.27. The lowest BCUT2D eigenvalue weighted by atomic mass is 10.2. The number of ether oxygens (including phenoxy) is 1. The van der Waals surface area contributed by atoms with Gasteiger partial charge in [0.05, 0.1) is 19.2 Å². The number of esters is 1. The van der Waals surface area contributed by atoms with E-state index in [1.807, 2.05) is 17.1 Å². The first-order chi connectivity index (χ1) is 9.76. The standard InChI is InChI=1S/C14H24N2O2S2/c1-18-13(17)8-7-12-11-20-14(16-12)15-9-5-3-4-6-10-19-2/h11H,3-10H2,1-2H3,(H,15,16). The number of aryl methyl sites for hydroxylation is 1. The van der Waals surface area contributed by atoms with Gasteiger partial charge in [-0.05, 0) is 24.9 Å². The fourth-order valence-corrected chi connectivity index (χ4v) is 3.02. The van der Waals surface area contributed by atoms with Gasteiger partial charge in [-0.25, -0.2) is 4.98 Å². The zero-order valence-corrected chi connectivity index (χ0v) is 13.9. The van der Waals surface area contributed by atoms with Gasteiger partial charge in [-0.2, -0.15) is 11.8 Å². The molecule has 0 amide bonds. The first-order valence-electron chi connectivity index (χ1n) is 7.00. The summed E-state index contributed by atoms with van der Waals surface area (Å²) in [6.07, 6.45) is 8.29. The Bertz CT molecular complexity index is 383. The number of hydrogen-bond acceptors (Lipinski definition) is 6. The summed E-state index contributed by atoms with van der Waals surface area (Å²) in [6, 6.07) is 0. The number of thioether (sulfide) groups is 1. The number of hydrogen-bond donors (Lipinski definition) is 1. The summed E-state index contributed by atoms with van der Waals surface area (Å²) < 4.78 is 4.62. The lowest BCUT2D eigenvalue weighted by molar-refractivity contribution is -0.140. The molecule has 1 aromatic rings. The van der Waals surface area contributed by atoms with Gasteiger partial charge in [0.25, 0.3) is 0 Å². The summed E-state index contributed by atoms with van der Waals surface area (Å²) in [7, 11) is 1.41. The fourth-order valence-electron chi connectivity index (χ4n) is 1.76. The van der Waals surface area contributed by atoms with E-state index in [9.17, 15) is 4.79 Å². The van der Waals surface area contributed by atoms with Crippen molar-refractivity contribution in [2.24, 2.45) is 0 Å². The molecule has 20 heavy (non-hydrogen) atoms. The number of anilines is 1. The van der Waals surface area contributed by atoms with E-state index in [0.717, 1.165) is 17.4 Å². The molecule has 0 aliphatic heterocycles. The molecular formula is C14H24N2O2S2. The van der Waals surface area contributed by atoms with E-state index in [-0.39, 0.29) is 5.97 Å². The molecule has 114 valence electrons. The van der Waals surface area contributed by atoms with E-state index < -0.39 is 0 Å². The number of thiazole rings is 1. The largest absolute Gasteiger partial charge is 0.469 e. The van der Waals surface area contributed by atoms with Crippen LogP contribution in [0.4, 0.5) is 5.13 Å². The molecule has 0 aromatic carbocycles. The maximum Gasteiger partial charge on any atom is 0.305 e. The predicted octanol–water partition coefficient (Wildman–Crippen LogP) is 3.58. The summed E-state index contributed by atoms with van der Waals surface area (Å²) in [5, 5.41) is 6.30. The number of rotatable bonds is 11. The number of nitrogens with zero attached hydrogens (tertiary/aromatic N) is 1. The highest BCUT2D eigenvalue weighted by Gasteiger charge is 2.05. The van der Waals surface area contributed by atoms with Crippen molar-refractivity contribution in [2.45, 2.75) is 38.5 Å². The van der Waals surface area contributed by atoms with E-state index in [4.69, 9.17) is 0 Å². The van der Waals surface area contributed by atoms with Crippen LogP contribution in [0.2, 0.25) is 0 Å². The Hall–Kier alpha value is -0.750. The first kappa shape index (κ1) is 17.3. The maximum atomic E-state index is 11.0. The molecule has 1 N–H and O–H groups in total. The Morgan fingerprint density at radius 1 is 1.40 bits per heavy atom. The summed E-state index contributed by atoms with van der Waals surface area (Å²) >= 11 is 3.52. The highest BCUT2D eigenvalue weighted by Crippen LogP contribution is 2.17. The Morgan fingerprint density at radius 2 is 2.20 bits per heavy atom. The monoisotopic (exact) mass is 316 g/mol. The van der Waals surface area contributed by atoms with Crippen LogP contribution in [0.3, 0.4) is 0 Å². The van der Waals surface area contributed by atoms with Crippen LogP contribution in [0.1, 0.15) is 37.8 Å². The molecule has 0 saturated heterocycles. The van der Waals surface area contributed by atoms with Crippen LogP contribution in [0.5, 0.6) is 0 Å². The fraction of sp³-hybridized carbons (Fsp3) is 0.714. The van der Waals surface area contributed by atoms with Gasteiger partial charge in [0, 0.05) is 18.3 Å². The molecule has 1 heterocycles. The molecule has 0 aliphatic carbocycles. The third-order valence-corrected chi connectivity index (χ3v) is 4.46. The minimum atomic E-state index is -0.183. The lowest BCUT2D eigenvalue weighted by Crippen LogP contribution is -2.03. The number of unbranched alkanes of at least 4 members (excludes halogenated alkanes) is 3. The van der Waals surface area contributed by atoms with Gasteiger partial charge < -0.3 is 10.1 Å². The van der Waals surface area contributed by atoms with Crippen molar-refractivity contribution in [1.82, 2.24) is 4.98 Å². The van der Waals surface area contributed by atoms with Gasteiger partial charge >= 0.3 is 5.97 Å². The summed E-state index contributed by atoms with van der Waals surface area (Å²) in [6.45, 7) is 0.975. The number of carbonyl (C=O) groups is 1. The average Bonchev–Trinajstić information content (AvgIpc) is 2.91. The van der Waals surface area contributed by atoms with Gasteiger partial charge in [-0.15, -0.1) is 11.3 Å². The van der Waals surface area contributed by atoms with Crippen LogP contribution < -0.4 is 5.32 Å². The van der Waals surface area contributed by atoms with Crippen molar-refractivity contribution >= 4 is 34.2 Å². The topological polar surface area (TPSA) is 51.2 Å². The number of aromatic nitrogens is 1. The average molecular weight is 316 g/mol. The zero-order chi connectivity index (χ0) is 14.6. The maximum absolute atomic E-state index is 11.0. The smallest absolute Gasteiger partial charge is 0.305 e. The summed E-state index contributed by atoms with van der Waals surface area (Å²) in [4.78, 5) is 15.5. The van der Waals surface area contributed by atoms with Gasteiger partial charge in [0.1, 0.15) is 0 Å². The van der Waals surface area contributed by atoms with Crippen molar-refractivity contribution in [3.8, 4) is 0 Å². The molecule has 0 spiro atoms. The zero-order valence-electron chi connectivity index (χ0n) is 12.3. The molecule has 0 saturated carbocycles. The molecule has 1 aromatic heterocycles. The Labute approximate surface area is 129 Å². The molecule has 0 aliphatic rings. The van der Waals surface area contributed by atoms with Crippen molar-refractivity contribution in [3.63, 3.8) is 0 Å². The molecule has 0 radical (unpaired) electrons.